The molecule has 1 N–H and O–H groups in total. The van der Waals surface area contributed by atoms with E-state index in [0.717, 1.165) is 16.8 Å². The number of alkyl halides is 3. The Kier molecular flexibility index (Phi) is 4.63. The fourth-order valence-electron chi connectivity index (χ4n) is 2.12. The van der Waals surface area contributed by atoms with Crippen LogP contribution in [0.25, 0.3) is 0 Å². The molecule has 0 amide bonds. The van der Waals surface area contributed by atoms with E-state index < -0.39 is 23.6 Å². The fraction of sp³-hybridized carbons (Fsp3) is 0.357. The summed E-state index contributed by atoms with van der Waals surface area (Å²) >= 11 is 1.45. The van der Waals surface area contributed by atoms with Gasteiger partial charge in [-0.15, -0.1) is 11.3 Å². The van der Waals surface area contributed by atoms with E-state index in [1.165, 1.54) is 23.5 Å². The van der Waals surface area contributed by atoms with Crippen LogP contribution in [0.2, 0.25) is 0 Å². The molecule has 1 atom stereocenters. The second kappa shape index (κ2) is 6.11. The molecule has 114 valence electrons. The maximum atomic E-state index is 14.1. The van der Waals surface area contributed by atoms with Gasteiger partial charge in [0.05, 0.1) is 16.3 Å². The van der Waals surface area contributed by atoms with E-state index in [-0.39, 0.29) is 5.56 Å². The van der Waals surface area contributed by atoms with Crippen LogP contribution in [-0.2, 0) is 12.6 Å². The predicted molar refractivity (Wildman–Crippen MR) is 73.8 cm³/mol. The summed E-state index contributed by atoms with van der Waals surface area (Å²) in [6.07, 6.45) is -4.37. The average molecular weight is 318 g/mol. The molecule has 2 aromatic rings. The third-order valence-corrected chi connectivity index (χ3v) is 3.96. The molecule has 0 aliphatic carbocycles. The second-order valence-corrected chi connectivity index (χ2v) is 5.67. The summed E-state index contributed by atoms with van der Waals surface area (Å²) < 4.78 is 52.4. The standard InChI is InChI=1S/C14H14F4N2S/c1-8-20-9(7-21-8)6-12(19-2)10-4-3-5-11(13(10)15)14(16,17)18/h3-5,7,12,19H,6H2,1-2H3. The van der Waals surface area contributed by atoms with Gasteiger partial charge in [-0.3, -0.25) is 0 Å². The van der Waals surface area contributed by atoms with E-state index in [4.69, 9.17) is 0 Å². The molecule has 0 fully saturated rings. The van der Waals surface area contributed by atoms with Crippen LogP contribution < -0.4 is 5.32 Å². The molecule has 21 heavy (non-hydrogen) atoms. The summed E-state index contributed by atoms with van der Waals surface area (Å²) in [6, 6.07) is 2.77. The Bertz CT molecular complexity index is 622. The minimum atomic E-state index is -4.70. The van der Waals surface area contributed by atoms with Gasteiger partial charge in [-0.2, -0.15) is 13.2 Å². The zero-order valence-corrected chi connectivity index (χ0v) is 12.3. The van der Waals surface area contributed by atoms with Gasteiger partial charge in [0.15, 0.2) is 0 Å². The Hall–Kier alpha value is -1.47. The topological polar surface area (TPSA) is 24.9 Å². The number of rotatable bonds is 4. The lowest BCUT2D eigenvalue weighted by Gasteiger charge is -2.18. The molecule has 0 saturated heterocycles. The second-order valence-electron chi connectivity index (χ2n) is 4.61. The zero-order chi connectivity index (χ0) is 15.6. The van der Waals surface area contributed by atoms with Crippen LogP contribution in [0.1, 0.15) is 27.9 Å². The summed E-state index contributed by atoms with van der Waals surface area (Å²) in [5, 5.41) is 5.54. The van der Waals surface area contributed by atoms with Crippen molar-refractivity contribution in [3.05, 3.63) is 51.2 Å². The predicted octanol–water partition coefficient (Wildman–Crippen LogP) is 4.11. The van der Waals surface area contributed by atoms with Crippen molar-refractivity contribution in [1.82, 2.24) is 10.3 Å². The monoisotopic (exact) mass is 318 g/mol. The van der Waals surface area contributed by atoms with Crippen molar-refractivity contribution in [2.24, 2.45) is 0 Å². The molecule has 2 rings (SSSR count). The van der Waals surface area contributed by atoms with Crippen LogP contribution in [0, 0.1) is 12.7 Å². The third-order valence-electron chi connectivity index (χ3n) is 3.14. The molecule has 1 aromatic heterocycles. The number of nitrogens with one attached hydrogen (secondary N) is 1. The lowest BCUT2D eigenvalue weighted by Crippen LogP contribution is -2.22. The maximum Gasteiger partial charge on any atom is 0.419 e. The summed E-state index contributed by atoms with van der Waals surface area (Å²) in [4.78, 5) is 4.26. The molecule has 2 nitrogen and oxygen atoms in total. The highest BCUT2D eigenvalue weighted by molar-refractivity contribution is 7.09. The number of nitrogens with zero attached hydrogens (tertiary/aromatic N) is 1. The van der Waals surface area contributed by atoms with E-state index in [1.54, 1.807) is 7.05 Å². The Morgan fingerprint density at radius 1 is 1.33 bits per heavy atom. The Labute approximate surface area is 123 Å². The Balaban J connectivity index is 2.34. The van der Waals surface area contributed by atoms with E-state index in [1.807, 2.05) is 12.3 Å². The molecule has 7 heteroatoms. The molecule has 0 radical (unpaired) electrons. The number of aryl methyl sites for hydroxylation is 1. The quantitative estimate of drug-likeness (QED) is 0.858. The van der Waals surface area contributed by atoms with Crippen molar-refractivity contribution in [2.45, 2.75) is 25.6 Å². The first-order chi connectivity index (χ1) is 9.82. The molecule has 1 unspecified atom stereocenters. The van der Waals surface area contributed by atoms with Crippen molar-refractivity contribution in [2.75, 3.05) is 7.05 Å². The van der Waals surface area contributed by atoms with Gasteiger partial charge >= 0.3 is 6.18 Å². The first-order valence-electron chi connectivity index (χ1n) is 6.26. The largest absolute Gasteiger partial charge is 0.419 e. The Morgan fingerprint density at radius 2 is 2.05 bits per heavy atom. The fourth-order valence-corrected chi connectivity index (χ4v) is 2.74. The summed E-state index contributed by atoms with van der Waals surface area (Å²) in [5.41, 5.74) is -0.513. The van der Waals surface area contributed by atoms with E-state index in [9.17, 15) is 17.6 Å². The normalized spacial score (nSPS) is 13.4. The molecule has 0 bridgehead atoms. The van der Waals surface area contributed by atoms with Gasteiger partial charge in [-0.05, 0) is 20.0 Å². The van der Waals surface area contributed by atoms with Gasteiger partial charge in [0.1, 0.15) is 5.82 Å². The van der Waals surface area contributed by atoms with Crippen molar-refractivity contribution in [3.8, 4) is 0 Å². The molecule has 0 aliphatic heterocycles. The highest BCUT2D eigenvalue weighted by Gasteiger charge is 2.35. The van der Waals surface area contributed by atoms with Crippen LogP contribution in [0.15, 0.2) is 23.6 Å². The van der Waals surface area contributed by atoms with E-state index >= 15 is 0 Å². The van der Waals surface area contributed by atoms with Crippen molar-refractivity contribution >= 4 is 11.3 Å². The maximum absolute atomic E-state index is 14.1. The highest BCUT2D eigenvalue weighted by Crippen LogP contribution is 2.34. The number of halogens is 4. The lowest BCUT2D eigenvalue weighted by molar-refractivity contribution is -0.140. The summed E-state index contributed by atoms with van der Waals surface area (Å²) in [5.74, 6) is -1.23. The summed E-state index contributed by atoms with van der Waals surface area (Å²) in [6.45, 7) is 1.84. The van der Waals surface area contributed by atoms with Crippen molar-refractivity contribution in [3.63, 3.8) is 0 Å². The van der Waals surface area contributed by atoms with Gasteiger partial charge in [-0.1, -0.05) is 12.1 Å². The minimum Gasteiger partial charge on any atom is -0.313 e. The van der Waals surface area contributed by atoms with Crippen LogP contribution >= 0.6 is 11.3 Å². The first kappa shape index (κ1) is 15.9. The number of hydrogen-bond acceptors (Lipinski definition) is 3. The number of likely N-dealkylation sites (N-methyl/N-ethyl adjacent to an activating group) is 1. The number of hydrogen-bond donors (Lipinski definition) is 1. The SMILES string of the molecule is CNC(Cc1csc(C)n1)c1cccc(C(F)(F)F)c1F. The van der Waals surface area contributed by atoms with Crippen LogP contribution in [-0.4, -0.2) is 12.0 Å². The lowest BCUT2D eigenvalue weighted by atomic mass is 9.99. The molecule has 0 saturated carbocycles. The molecule has 1 heterocycles. The highest BCUT2D eigenvalue weighted by atomic mass is 32.1. The van der Waals surface area contributed by atoms with Crippen LogP contribution in [0.3, 0.4) is 0 Å². The molecular weight excluding hydrogens is 304 g/mol. The van der Waals surface area contributed by atoms with Gasteiger partial charge in [0.2, 0.25) is 0 Å². The van der Waals surface area contributed by atoms with Crippen LogP contribution in [0.4, 0.5) is 17.6 Å². The van der Waals surface area contributed by atoms with Crippen molar-refractivity contribution < 1.29 is 17.6 Å². The Morgan fingerprint density at radius 3 is 2.57 bits per heavy atom. The van der Waals surface area contributed by atoms with E-state index in [0.29, 0.717) is 6.42 Å². The number of aromatic nitrogens is 1. The smallest absolute Gasteiger partial charge is 0.313 e. The van der Waals surface area contributed by atoms with Gasteiger partial charge in [-0.25, -0.2) is 9.37 Å². The molecule has 0 spiro atoms. The number of thiazole rings is 1. The van der Waals surface area contributed by atoms with Gasteiger partial charge < -0.3 is 5.32 Å². The van der Waals surface area contributed by atoms with Crippen molar-refractivity contribution in [1.29, 1.82) is 0 Å². The first-order valence-corrected chi connectivity index (χ1v) is 7.14. The molecule has 0 aliphatic rings. The van der Waals surface area contributed by atoms with E-state index in [2.05, 4.69) is 10.3 Å². The molecular formula is C14H14F4N2S. The summed E-state index contributed by atoms with van der Waals surface area (Å²) in [7, 11) is 1.59. The zero-order valence-electron chi connectivity index (χ0n) is 11.5. The molecule has 1 aromatic carbocycles. The third kappa shape index (κ3) is 3.59. The van der Waals surface area contributed by atoms with Crippen LogP contribution in [0.5, 0.6) is 0 Å². The average Bonchev–Trinajstić information content (AvgIpc) is 2.81. The number of benzene rings is 1. The minimum absolute atomic E-state index is 0.00187. The van der Waals surface area contributed by atoms with Gasteiger partial charge in [0, 0.05) is 23.4 Å². The van der Waals surface area contributed by atoms with Gasteiger partial charge in [0.25, 0.3) is 0 Å².